The van der Waals surface area contributed by atoms with Crippen molar-refractivity contribution < 1.29 is 1.43 Å². The number of para-hydroxylation sites is 2. The van der Waals surface area contributed by atoms with Crippen LogP contribution in [0.15, 0.2) is 138 Å². The van der Waals surface area contributed by atoms with Crippen molar-refractivity contribution in [3.05, 3.63) is 144 Å². The second-order valence-electron chi connectivity index (χ2n) is 9.51. The Morgan fingerprint density at radius 3 is 2.37 bits per heavy atom. The normalized spacial score (nSPS) is 15.4. The van der Waals surface area contributed by atoms with Gasteiger partial charge in [0.2, 0.25) is 0 Å². The first-order valence-corrected chi connectivity index (χ1v) is 13.7. The molecule has 0 spiro atoms. The summed E-state index contributed by atoms with van der Waals surface area (Å²) >= 11 is 1.84. The van der Waals surface area contributed by atoms with Gasteiger partial charge >= 0.3 is 0 Å². The molecule has 0 unspecified atom stereocenters. The summed E-state index contributed by atoms with van der Waals surface area (Å²) in [5, 5.41) is 6.05. The lowest BCUT2D eigenvalue weighted by atomic mass is 9.97. The molecule has 0 amide bonds. The van der Waals surface area contributed by atoms with Gasteiger partial charge in [0.1, 0.15) is 0 Å². The highest BCUT2D eigenvalue weighted by Crippen LogP contribution is 2.52. The maximum atomic E-state index is 3.91. The quantitative estimate of drug-likeness (QED) is 0.260. The van der Waals surface area contributed by atoms with E-state index in [1.165, 1.54) is 65.2 Å². The Labute approximate surface area is 228 Å². The molecular weight excluding hydrogens is 480 g/mol. The van der Waals surface area contributed by atoms with Gasteiger partial charge in [-0.1, -0.05) is 97.2 Å². The van der Waals surface area contributed by atoms with Gasteiger partial charge in [0.15, 0.2) is 0 Å². The highest BCUT2D eigenvalue weighted by Gasteiger charge is 2.25. The SMILES string of the molecule is C=C/C=c1/cccc/c1=C1/CNc2ccc(-c3ccc4c(c3)N(c3ccccc3)c3ccccc3S4)cc21.[HH]. The summed E-state index contributed by atoms with van der Waals surface area (Å²) in [6, 6.07) is 41.5. The van der Waals surface area contributed by atoms with E-state index in [1.807, 2.05) is 17.8 Å². The van der Waals surface area contributed by atoms with Gasteiger partial charge in [0, 0.05) is 34.7 Å². The Hall–Kier alpha value is -4.47. The van der Waals surface area contributed by atoms with Crippen LogP contribution in [0.1, 0.15) is 6.99 Å². The Kier molecular flexibility index (Phi) is 5.64. The largest absolute Gasteiger partial charge is 0.380 e. The van der Waals surface area contributed by atoms with Crippen LogP contribution in [0.2, 0.25) is 0 Å². The van der Waals surface area contributed by atoms with E-state index in [0.29, 0.717) is 0 Å². The first kappa shape index (κ1) is 22.7. The van der Waals surface area contributed by atoms with Crippen molar-refractivity contribution in [2.75, 3.05) is 16.8 Å². The number of fused-ring (bicyclic) bond motifs is 3. The predicted octanol–water partition coefficient (Wildman–Crippen LogP) is 8.13. The summed E-state index contributed by atoms with van der Waals surface area (Å²) in [5.74, 6) is 0. The fraction of sp³-hybridized carbons (Fsp3) is 0.0286. The van der Waals surface area contributed by atoms with E-state index in [4.69, 9.17) is 0 Å². The van der Waals surface area contributed by atoms with E-state index in [0.717, 1.165) is 6.54 Å². The summed E-state index contributed by atoms with van der Waals surface area (Å²) in [7, 11) is 0. The minimum atomic E-state index is 0. The van der Waals surface area contributed by atoms with Crippen LogP contribution in [0.25, 0.3) is 22.8 Å². The van der Waals surface area contributed by atoms with Crippen LogP contribution < -0.4 is 20.7 Å². The summed E-state index contributed by atoms with van der Waals surface area (Å²) in [6.45, 7) is 4.73. The van der Waals surface area contributed by atoms with Crippen molar-refractivity contribution in [3.8, 4) is 11.1 Å². The summed E-state index contributed by atoms with van der Waals surface area (Å²) < 4.78 is 0. The Morgan fingerprint density at radius 2 is 1.47 bits per heavy atom. The second kappa shape index (κ2) is 9.44. The highest BCUT2D eigenvalue weighted by atomic mass is 32.2. The molecule has 0 atom stereocenters. The van der Waals surface area contributed by atoms with E-state index in [9.17, 15) is 0 Å². The van der Waals surface area contributed by atoms with Crippen LogP contribution in [0.4, 0.5) is 22.7 Å². The molecule has 184 valence electrons. The number of rotatable bonds is 3. The molecule has 3 heteroatoms. The van der Waals surface area contributed by atoms with Crippen LogP contribution in [0.3, 0.4) is 0 Å². The molecule has 0 bridgehead atoms. The van der Waals surface area contributed by atoms with Crippen molar-refractivity contribution in [1.82, 2.24) is 0 Å². The molecule has 2 heterocycles. The van der Waals surface area contributed by atoms with Gasteiger partial charge in [-0.3, -0.25) is 0 Å². The summed E-state index contributed by atoms with van der Waals surface area (Å²) in [6.07, 6.45) is 3.95. The van der Waals surface area contributed by atoms with Crippen molar-refractivity contribution in [2.24, 2.45) is 0 Å². The zero-order chi connectivity index (χ0) is 25.5. The molecule has 5 aromatic rings. The zero-order valence-electron chi connectivity index (χ0n) is 20.9. The maximum Gasteiger partial charge on any atom is 0.0607 e. The van der Waals surface area contributed by atoms with Gasteiger partial charge in [-0.2, -0.15) is 0 Å². The minimum Gasteiger partial charge on any atom is -0.380 e. The average molecular weight is 509 g/mol. The van der Waals surface area contributed by atoms with Crippen molar-refractivity contribution in [3.63, 3.8) is 0 Å². The minimum absolute atomic E-state index is 0. The standard InChI is InChI=1S/C35H26N2S.H2/c1-2-10-24-11-6-7-14-28(24)30-23-36-31-19-17-25(21-29(30)31)26-18-20-35-33(22-26)37(27-12-4-3-5-13-27)32-15-8-9-16-34(32)38-35;/h2-22,36H,1,23H2;1H/b24-10-,30-28+;. The lowest BCUT2D eigenvalue weighted by molar-refractivity contribution is 1.17. The van der Waals surface area contributed by atoms with Crippen LogP contribution in [-0.2, 0) is 0 Å². The molecule has 7 rings (SSSR count). The number of nitrogens with zero attached hydrogens (tertiary/aromatic N) is 1. The molecular formula is C35H28N2S. The highest BCUT2D eigenvalue weighted by molar-refractivity contribution is 7.99. The third-order valence-corrected chi connectivity index (χ3v) is 8.39. The molecule has 0 radical (unpaired) electrons. The molecule has 2 nitrogen and oxygen atoms in total. The van der Waals surface area contributed by atoms with Crippen molar-refractivity contribution >= 4 is 46.2 Å². The molecule has 1 N–H and O–H groups in total. The molecule has 2 aliphatic rings. The molecule has 2 aliphatic heterocycles. The zero-order valence-corrected chi connectivity index (χ0v) is 21.7. The number of allylic oxidation sites excluding steroid dienone is 1. The van der Waals surface area contributed by atoms with Gasteiger partial charge < -0.3 is 10.2 Å². The molecule has 0 fully saturated rings. The first-order chi connectivity index (χ1) is 18.8. The Bertz CT molecular complexity index is 1830. The van der Waals surface area contributed by atoms with Crippen molar-refractivity contribution in [1.29, 1.82) is 0 Å². The molecule has 5 aromatic carbocycles. The predicted molar refractivity (Wildman–Crippen MR) is 164 cm³/mol. The first-order valence-electron chi connectivity index (χ1n) is 12.9. The van der Waals surface area contributed by atoms with Crippen LogP contribution in [-0.4, -0.2) is 6.54 Å². The van der Waals surface area contributed by atoms with E-state index in [2.05, 4.69) is 138 Å². The third kappa shape index (κ3) is 3.84. The number of benzene rings is 5. The van der Waals surface area contributed by atoms with Gasteiger partial charge in [-0.05, 0) is 75.7 Å². The van der Waals surface area contributed by atoms with Gasteiger partial charge in [0.25, 0.3) is 0 Å². The topological polar surface area (TPSA) is 15.3 Å². The maximum absolute atomic E-state index is 3.91. The fourth-order valence-corrected chi connectivity index (χ4v) is 6.52. The smallest absolute Gasteiger partial charge is 0.0607 e. The van der Waals surface area contributed by atoms with Crippen LogP contribution in [0.5, 0.6) is 0 Å². The van der Waals surface area contributed by atoms with Gasteiger partial charge in [-0.15, -0.1) is 0 Å². The van der Waals surface area contributed by atoms with E-state index in [-0.39, 0.29) is 1.43 Å². The lowest BCUT2D eigenvalue weighted by Gasteiger charge is -2.33. The average Bonchev–Trinajstić information content (AvgIpc) is 3.40. The number of nitrogens with one attached hydrogen (secondary N) is 1. The molecule has 38 heavy (non-hydrogen) atoms. The number of anilines is 4. The van der Waals surface area contributed by atoms with E-state index >= 15 is 0 Å². The number of hydrogen-bond acceptors (Lipinski definition) is 3. The second-order valence-corrected chi connectivity index (χ2v) is 10.6. The van der Waals surface area contributed by atoms with Crippen LogP contribution in [0, 0.1) is 0 Å². The third-order valence-electron chi connectivity index (χ3n) is 7.26. The lowest BCUT2D eigenvalue weighted by Crippen LogP contribution is -2.27. The van der Waals surface area contributed by atoms with Gasteiger partial charge in [-0.25, -0.2) is 0 Å². The summed E-state index contributed by atoms with van der Waals surface area (Å²) in [5.41, 5.74) is 9.81. The van der Waals surface area contributed by atoms with E-state index < -0.39 is 0 Å². The molecule has 0 aromatic heterocycles. The fourth-order valence-electron chi connectivity index (χ4n) is 5.48. The molecule has 0 aliphatic carbocycles. The summed E-state index contributed by atoms with van der Waals surface area (Å²) in [4.78, 5) is 4.92. The van der Waals surface area contributed by atoms with Gasteiger partial charge in [0.05, 0.1) is 11.4 Å². The molecule has 0 saturated heterocycles. The van der Waals surface area contributed by atoms with Crippen LogP contribution >= 0.6 is 11.8 Å². The monoisotopic (exact) mass is 508 g/mol. The Balaban J connectivity index is 0.00000277. The van der Waals surface area contributed by atoms with Crippen molar-refractivity contribution in [2.45, 2.75) is 9.79 Å². The van der Waals surface area contributed by atoms with E-state index in [1.54, 1.807) is 0 Å². The molecule has 0 saturated carbocycles. The Morgan fingerprint density at radius 1 is 0.737 bits per heavy atom. The number of hydrogen-bond donors (Lipinski definition) is 1.